The van der Waals surface area contributed by atoms with E-state index in [1.165, 1.54) is 0 Å². The van der Waals surface area contributed by atoms with Crippen molar-refractivity contribution in [2.75, 3.05) is 5.75 Å². The van der Waals surface area contributed by atoms with E-state index >= 15 is 0 Å². The maximum atomic E-state index is 12.1. The van der Waals surface area contributed by atoms with Gasteiger partial charge in [0.25, 0.3) is 0 Å². The Kier molecular flexibility index (Phi) is 3.20. The topological polar surface area (TPSA) is 71.9 Å². The second-order valence-corrected chi connectivity index (χ2v) is 7.90. The highest BCUT2D eigenvalue weighted by molar-refractivity contribution is 7.92. The lowest BCUT2D eigenvalue weighted by Crippen LogP contribution is -2.35. The Bertz CT molecular complexity index is 801. The fourth-order valence-electron chi connectivity index (χ4n) is 3.01. The standard InChI is InChI=1S/C14H18N2O3S/c1-10-5-4-7-12-13(10)16(14(17)15-12)9-11-6-2-3-8-20(11,18)19/h4-5,7,11H,2-3,6,8-9H2,1H3,(H,15,17). The number of imidazole rings is 1. The number of fused-ring (bicyclic) bond motifs is 1. The van der Waals surface area contributed by atoms with Gasteiger partial charge in [0.1, 0.15) is 0 Å². The molecule has 6 heteroatoms. The van der Waals surface area contributed by atoms with Crippen LogP contribution in [0.2, 0.25) is 0 Å². The summed E-state index contributed by atoms with van der Waals surface area (Å²) in [6.07, 6.45) is 2.30. The number of rotatable bonds is 2. The Hall–Kier alpha value is -1.56. The fraction of sp³-hybridized carbons (Fsp3) is 0.500. The van der Waals surface area contributed by atoms with Crippen LogP contribution < -0.4 is 5.69 Å². The van der Waals surface area contributed by atoms with Gasteiger partial charge >= 0.3 is 5.69 Å². The van der Waals surface area contributed by atoms with Crippen LogP contribution in [0.5, 0.6) is 0 Å². The number of H-pyrrole nitrogens is 1. The number of benzene rings is 1. The average Bonchev–Trinajstić information content (AvgIpc) is 2.69. The molecule has 1 aliphatic heterocycles. The molecule has 1 unspecified atom stereocenters. The molecule has 1 aromatic carbocycles. The van der Waals surface area contributed by atoms with Gasteiger partial charge in [0, 0.05) is 6.54 Å². The highest BCUT2D eigenvalue weighted by Crippen LogP contribution is 2.23. The number of sulfone groups is 1. The van der Waals surface area contributed by atoms with Crippen LogP contribution in [0.3, 0.4) is 0 Å². The van der Waals surface area contributed by atoms with Gasteiger partial charge in [0.05, 0.1) is 22.0 Å². The summed E-state index contributed by atoms with van der Waals surface area (Å²) in [6, 6.07) is 5.66. The summed E-state index contributed by atoms with van der Waals surface area (Å²) in [4.78, 5) is 14.9. The van der Waals surface area contributed by atoms with E-state index in [-0.39, 0.29) is 18.0 Å². The maximum absolute atomic E-state index is 12.1. The second kappa shape index (κ2) is 4.77. The molecular formula is C14H18N2O3S. The molecule has 1 fully saturated rings. The van der Waals surface area contributed by atoms with E-state index in [1.54, 1.807) is 4.57 Å². The minimum Gasteiger partial charge on any atom is -0.306 e. The molecule has 0 spiro atoms. The minimum atomic E-state index is -3.07. The first-order valence-electron chi connectivity index (χ1n) is 6.89. The second-order valence-electron chi connectivity index (χ2n) is 5.50. The van der Waals surface area contributed by atoms with Crippen molar-refractivity contribution in [2.45, 2.75) is 38.0 Å². The lowest BCUT2D eigenvalue weighted by molar-refractivity contribution is 0.508. The SMILES string of the molecule is Cc1cccc2[nH]c(=O)n(CC3CCCCS3(=O)=O)c12. The number of para-hydroxylation sites is 1. The lowest BCUT2D eigenvalue weighted by Gasteiger charge is -2.22. The average molecular weight is 294 g/mol. The summed E-state index contributed by atoms with van der Waals surface area (Å²) in [5.74, 6) is 0.244. The molecule has 108 valence electrons. The highest BCUT2D eigenvalue weighted by Gasteiger charge is 2.30. The molecule has 0 saturated carbocycles. The van der Waals surface area contributed by atoms with E-state index in [9.17, 15) is 13.2 Å². The number of nitrogens with zero attached hydrogens (tertiary/aromatic N) is 1. The third-order valence-corrected chi connectivity index (χ3v) is 6.35. The van der Waals surface area contributed by atoms with E-state index in [1.807, 2.05) is 25.1 Å². The van der Waals surface area contributed by atoms with Crippen LogP contribution in [0.4, 0.5) is 0 Å². The Morgan fingerprint density at radius 2 is 2.15 bits per heavy atom. The molecule has 1 aliphatic rings. The van der Waals surface area contributed by atoms with Gasteiger partial charge in [-0.2, -0.15) is 0 Å². The van der Waals surface area contributed by atoms with Crippen LogP contribution in [-0.2, 0) is 16.4 Å². The Balaban J connectivity index is 2.07. The number of aromatic nitrogens is 2. The Morgan fingerprint density at radius 1 is 1.35 bits per heavy atom. The molecule has 2 aromatic rings. The third-order valence-electron chi connectivity index (χ3n) is 4.09. The minimum absolute atomic E-state index is 0.227. The van der Waals surface area contributed by atoms with Crippen LogP contribution in [0.25, 0.3) is 11.0 Å². The third kappa shape index (κ3) is 2.18. The quantitative estimate of drug-likeness (QED) is 0.914. The molecule has 1 atom stereocenters. The van der Waals surface area contributed by atoms with E-state index in [4.69, 9.17) is 0 Å². The van der Waals surface area contributed by atoms with Crippen LogP contribution in [0.1, 0.15) is 24.8 Å². The van der Waals surface area contributed by atoms with Crippen molar-refractivity contribution in [1.82, 2.24) is 9.55 Å². The fourth-order valence-corrected chi connectivity index (χ4v) is 4.85. The zero-order chi connectivity index (χ0) is 14.3. The van der Waals surface area contributed by atoms with Crippen LogP contribution >= 0.6 is 0 Å². The summed E-state index contributed by atoms with van der Waals surface area (Å²) in [5, 5.41) is -0.437. The Morgan fingerprint density at radius 3 is 2.90 bits per heavy atom. The van der Waals surface area contributed by atoms with Gasteiger partial charge in [-0.15, -0.1) is 0 Å². The maximum Gasteiger partial charge on any atom is 0.326 e. The van der Waals surface area contributed by atoms with E-state index in [2.05, 4.69) is 4.98 Å². The molecule has 2 heterocycles. The highest BCUT2D eigenvalue weighted by atomic mass is 32.2. The molecular weight excluding hydrogens is 276 g/mol. The molecule has 0 radical (unpaired) electrons. The smallest absolute Gasteiger partial charge is 0.306 e. The van der Waals surface area contributed by atoms with Crippen molar-refractivity contribution in [3.63, 3.8) is 0 Å². The molecule has 20 heavy (non-hydrogen) atoms. The lowest BCUT2D eigenvalue weighted by atomic mass is 10.1. The molecule has 0 bridgehead atoms. The van der Waals surface area contributed by atoms with E-state index < -0.39 is 15.1 Å². The van der Waals surface area contributed by atoms with Gasteiger partial charge in [0.2, 0.25) is 0 Å². The van der Waals surface area contributed by atoms with E-state index in [0.717, 1.165) is 29.4 Å². The zero-order valence-electron chi connectivity index (χ0n) is 11.4. The first-order valence-corrected chi connectivity index (χ1v) is 8.60. The van der Waals surface area contributed by atoms with E-state index in [0.29, 0.717) is 6.42 Å². The predicted molar refractivity (Wildman–Crippen MR) is 78.7 cm³/mol. The summed E-state index contributed by atoms with van der Waals surface area (Å²) < 4.78 is 25.8. The summed E-state index contributed by atoms with van der Waals surface area (Å²) in [7, 11) is -3.07. The van der Waals surface area contributed by atoms with Crippen LogP contribution in [-0.4, -0.2) is 29.0 Å². The van der Waals surface area contributed by atoms with Crippen molar-refractivity contribution in [1.29, 1.82) is 0 Å². The molecule has 0 amide bonds. The first-order chi connectivity index (χ1) is 9.49. The van der Waals surface area contributed by atoms with Gasteiger partial charge in [-0.05, 0) is 31.4 Å². The van der Waals surface area contributed by atoms with Crippen LogP contribution in [0.15, 0.2) is 23.0 Å². The number of nitrogens with one attached hydrogen (secondary N) is 1. The number of hydrogen-bond donors (Lipinski definition) is 1. The number of hydrogen-bond acceptors (Lipinski definition) is 3. The first kappa shape index (κ1) is 13.4. The molecule has 1 saturated heterocycles. The normalized spacial score (nSPS) is 22.1. The number of aromatic amines is 1. The van der Waals surface area contributed by atoms with Crippen molar-refractivity contribution in [2.24, 2.45) is 0 Å². The van der Waals surface area contributed by atoms with Crippen LogP contribution in [0, 0.1) is 6.92 Å². The molecule has 1 aromatic heterocycles. The largest absolute Gasteiger partial charge is 0.326 e. The molecule has 1 N–H and O–H groups in total. The van der Waals surface area contributed by atoms with Crippen molar-refractivity contribution >= 4 is 20.9 Å². The summed E-state index contributed by atoms with van der Waals surface area (Å²) in [5.41, 5.74) is 2.34. The molecule has 3 rings (SSSR count). The van der Waals surface area contributed by atoms with Crippen molar-refractivity contribution < 1.29 is 8.42 Å². The number of aryl methyl sites for hydroxylation is 1. The van der Waals surface area contributed by atoms with Crippen molar-refractivity contribution in [3.8, 4) is 0 Å². The zero-order valence-corrected chi connectivity index (χ0v) is 12.2. The van der Waals surface area contributed by atoms with Gasteiger partial charge in [-0.3, -0.25) is 4.57 Å². The van der Waals surface area contributed by atoms with Gasteiger partial charge < -0.3 is 4.98 Å². The van der Waals surface area contributed by atoms with Crippen molar-refractivity contribution in [3.05, 3.63) is 34.2 Å². The predicted octanol–water partition coefficient (Wildman–Crippen LogP) is 1.61. The van der Waals surface area contributed by atoms with Gasteiger partial charge in [0.15, 0.2) is 9.84 Å². The molecule has 5 nitrogen and oxygen atoms in total. The summed E-state index contributed by atoms with van der Waals surface area (Å²) >= 11 is 0. The molecule has 0 aliphatic carbocycles. The van der Waals surface area contributed by atoms with Gasteiger partial charge in [-0.25, -0.2) is 13.2 Å². The monoisotopic (exact) mass is 294 g/mol. The Labute approximate surface area is 117 Å². The summed E-state index contributed by atoms with van der Waals surface area (Å²) in [6.45, 7) is 2.19. The van der Waals surface area contributed by atoms with Gasteiger partial charge in [-0.1, -0.05) is 18.6 Å².